The third-order valence-corrected chi connectivity index (χ3v) is 4.38. The van der Waals surface area contributed by atoms with Gasteiger partial charge >= 0.3 is 5.00 Å². The quantitative estimate of drug-likeness (QED) is 0.438. The highest BCUT2D eigenvalue weighted by Crippen LogP contribution is 2.22. The average Bonchev–Trinajstić information content (AvgIpc) is 3.04. The summed E-state index contributed by atoms with van der Waals surface area (Å²) in [5.74, 6) is -0.242. The van der Waals surface area contributed by atoms with Gasteiger partial charge in [0.05, 0.1) is 22.4 Å². The number of carbonyl (C=O) groups excluding carboxylic acids is 1. The molecular formula is C17H13N3O3S. The summed E-state index contributed by atoms with van der Waals surface area (Å²) in [6.45, 7) is 0. The zero-order chi connectivity index (χ0) is 16.9. The van der Waals surface area contributed by atoms with E-state index in [9.17, 15) is 14.9 Å². The summed E-state index contributed by atoms with van der Waals surface area (Å²) in [7, 11) is 0. The number of hydrogen-bond acceptors (Lipinski definition) is 5. The molecule has 24 heavy (non-hydrogen) atoms. The van der Waals surface area contributed by atoms with Gasteiger partial charge in [-0.25, -0.2) is 5.43 Å². The predicted octanol–water partition coefficient (Wildman–Crippen LogP) is 3.50. The van der Waals surface area contributed by atoms with Gasteiger partial charge in [-0.05, 0) is 22.4 Å². The van der Waals surface area contributed by atoms with Crippen LogP contribution in [-0.4, -0.2) is 17.0 Å². The number of nitrogens with one attached hydrogen (secondary N) is 1. The van der Waals surface area contributed by atoms with Gasteiger partial charge in [-0.15, -0.1) is 0 Å². The number of amides is 1. The second-order valence-corrected chi connectivity index (χ2v) is 6.14. The Labute approximate surface area is 141 Å². The molecule has 0 saturated carbocycles. The van der Waals surface area contributed by atoms with Crippen LogP contribution in [0.15, 0.2) is 59.7 Å². The van der Waals surface area contributed by atoms with E-state index in [1.165, 1.54) is 12.3 Å². The minimum Gasteiger partial charge on any atom is -0.273 e. The molecule has 2 aromatic carbocycles. The second kappa shape index (κ2) is 7.01. The van der Waals surface area contributed by atoms with Crippen molar-refractivity contribution in [2.45, 2.75) is 6.42 Å². The molecule has 1 amide bonds. The lowest BCUT2D eigenvalue weighted by Crippen LogP contribution is -2.19. The lowest BCUT2D eigenvalue weighted by Gasteiger charge is -2.05. The number of nitro groups is 1. The zero-order valence-corrected chi connectivity index (χ0v) is 13.3. The zero-order valence-electron chi connectivity index (χ0n) is 12.5. The molecule has 3 aromatic rings. The third kappa shape index (κ3) is 3.64. The van der Waals surface area contributed by atoms with Crippen LogP contribution < -0.4 is 5.43 Å². The minimum absolute atomic E-state index is 0.0403. The molecule has 0 atom stereocenters. The van der Waals surface area contributed by atoms with E-state index in [2.05, 4.69) is 10.5 Å². The number of nitrogens with zero attached hydrogens (tertiary/aromatic N) is 2. The maximum Gasteiger partial charge on any atom is 0.324 e. The first-order valence-electron chi connectivity index (χ1n) is 7.16. The fourth-order valence-corrected chi connectivity index (χ4v) is 3.03. The molecule has 6 nitrogen and oxygen atoms in total. The molecule has 0 spiro atoms. The monoisotopic (exact) mass is 339 g/mol. The molecule has 7 heteroatoms. The van der Waals surface area contributed by atoms with Crippen LogP contribution in [0.3, 0.4) is 0 Å². The molecule has 0 radical (unpaired) electrons. The van der Waals surface area contributed by atoms with E-state index in [1.807, 2.05) is 42.5 Å². The lowest BCUT2D eigenvalue weighted by atomic mass is 10.0. The first-order valence-corrected chi connectivity index (χ1v) is 7.98. The Balaban J connectivity index is 1.64. The summed E-state index contributed by atoms with van der Waals surface area (Å²) in [5, 5.41) is 16.6. The fourth-order valence-electron chi connectivity index (χ4n) is 2.34. The van der Waals surface area contributed by atoms with Crippen molar-refractivity contribution in [2.75, 3.05) is 0 Å². The first-order chi connectivity index (χ1) is 11.6. The molecule has 0 fully saturated rings. The molecular weight excluding hydrogens is 326 g/mol. The normalized spacial score (nSPS) is 11.0. The van der Waals surface area contributed by atoms with Crippen molar-refractivity contribution in [2.24, 2.45) is 5.10 Å². The summed E-state index contributed by atoms with van der Waals surface area (Å²) >= 11 is 0.999. The molecule has 0 saturated heterocycles. The van der Waals surface area contributed by atoms with Gasteiger partial charge in [0.25, 0.3) is 0 Å². The van der Waals surface area contributed by atoms with Crippen molar-refractivity contribution in [1.82, 2.24) is 5.43 Å². The van der Waals surface area contributed by atoms with Gasteiger partial charge in [-0.3, -0.25) is 14.9 Å². The van der Waals surface area contributed by atoms with Crippen LogP contribution in [0, 0.1) is 10.1 Å². The van der Waals surface area contributed by atoms with Crippen molar-refractivity contribution < 1.29 is 9.72 Å². The minimum atomic E-state index is -0.457. The molecule has 1 aromatic heterocycles. The molecule has 0 unspecified atom stereocenters. The standard InChI is InChI=1S/C17H13N3O3S/c21-16(19-18-11-14-8-9-17(24-14)20(22)23)10-13-6-3-5-12-4-1-2-7-15(12)13/h1-9,11H,10H2,(H,19,21)/b18-11+. The van der Waals surface area contributed by atoms with Crippen molar-refractivity contribution in [3.8, 4) is 0 Å². The van der Waals surface area contributed by atoms with Gasteiger partial charge in [0.2, 0.25) is 5.91 Å². The van der Waals surface area contributed by atoms with E-state index in [-0.39, 0.29) is 17.3 Å². The highest BCUT2D eigenvalue weighted by Gasteiger charge is 2.09. The van der Waals surface area contributed by atoms with Gasteiger partial charge in [-0.2, -0.15) is 5.10 Å². The molecule has 0 aliphatic heterocycles. The van der Waals surface area contributed by atoms with E-state index >= 15 is 0 Å². The second-order valence-electron chi connectivity index (χ2n) is 5.04. The van der Waals surface area contributed by atoms with Crippen LogP contribution in [0.5, 0.6) is 0 Å². The molecule has 3 rings (SSSR count). The Hall–Kier alpha value is -3.06. The van der Waals surface area contributed by atoms with Crippen molar-refractivity contribution in [3.63, 3.8) is 0 Å². The van der Waals surface area contributed by atoms with Crippen LogP contribution in [-0.2, 0) is 11.2 Å². The summed E-state index contributed by atoms with van der Waals surface area (Å²) in [6.07, 6.45) is 1.61. The number of fused-ring (bicyclic) bond motifs is 1. The van der Waals surface area contributed by atoms with Crippen LogP contribution in [0.1, 0.15) is 10.4 Å². The van der Waals surface area contributed by atoms with Gasteiger partial charge in [0.1, 0.15) is 0 Å². The number of hydrazone groups is 1. The smallest absolute Gasteiger partial charge is 0.273 e. The summed E-state index contributed by atoms with van der Waals surface area (Å²) in [5.41, 5.74) is 3.37. The Morgan fingerprint density at radius 2 is 1.96 bits per heavy atom. The highest BCUT2D eigenvalue weighted by atomic mass is 32.1. The molecule has 0 aliphatic carbocycles. The lowest BCUT2D eigenvalue weighted by molar-refractivity contribution is -0.380. The number of benzene rings is 2. The Morgan fingerprint density at radius 1 is 1.17 bits per heavy atom. The van der Waals surface area contributed by atoms with E-state index < -0.39 is 4.92 Å². The van der Waals surface area contributed by atoms with Gasteiger partial charge in [0, 0.05) is 6.07 Å². The van der Waals surface area contributed by atoms with Crippen molar-refractivity contribution in [3.05, 3.63) is 75.2 Å². The molecule has 120 valence electrons. The van der Waals surface area contributed by atoms with Crippen molar-refractivity contribution >= 4 is 39.2 Å². The van der Waals surface area contributed by atoms with E-state index in [0.29, 0.717) is 4.88 Å². The highest BCUT2D eigenvalue weighted by molar-refractivity contribution is 7.16. The summed E-state index contributed by atoms with van der Waals surface area (Å²) in [6, 6.07) is 16.7. The topological polar surface area (TPSA) is 84.6 Å². The third-order valence-electron chi connectivity index (χ3n) is 3.40. The average molecular weight is 339 g/mol. The Morgan fingerprint density at radius 3 is 2.75 bits per heavy atom. The number of rotatable bonds is 5. The fraction of sp³-hybridized carbons (Fsp3) is 0.0588. The summed E-state index contributed by atoms with van der Waals surface area (Å²) in [4.78, 5) is 22.8. The molecule has 0 bridgehead atoms. The van der Waals surface area contributed by atoms with E-state index in [4.69, 9.17) is 0 Å². The van der Waals surface area contributed by atoms with Gasteiger partial charge in [0.15, 0.2) is 0 Å². The van der Waals surface area contributed by atoms with Crippen molar-refractivity contribution in [1.29, 1.82) is 0 Å². The Bertz CT molecular complexity index is 928. The molecule has 0 aliphatic rings. The van der Waals surface area contributed by atoms with E-state index in [1.54, 1.807) is 6.07 Å². The van der Waals surface area contributed by atoms with Gasteiger partial charge in [-0.1, -0.05) is 53.8 Å². The maximum atomic E-state index is 12.0. The van der Waals surface area contributed by atoms with E-state index in [0.717, 1.165) is 27.7 Å². The largest absolute Gasteiger partial charge is 0.324 e. The number of carbonyl (C=O) groups is 1. The molecule has 1 N–H and O–H groups in total. The predicted molar refractivity (Wildman–Crippen MR) is 94.4 cm³/mol. The summed E-state index contributed by atoms with van der Waals surface area (Å²) < 4.78 is 0. The SMILES string of the molecule is O=C(Cc1cccc2ccccc12)N/N=C/c1ccc([N+](=O)[O-])s1. The van der Waals surface area contributed by atoms with Crippen LogP contribution in [0.4, 0.5) is 5.00 Å². The number of hydrogen-bond donors (Lipinski definition) is 1. The van der Waals surface area contributed by atoms with Crippen LogP contribution >= 0.6 is 11.3 Å². The maximum absolute atomic E-state index is 12.0. The van der Waals surface area contributed by atoms with Gasteiger partial charge < -0.3 is 0 Å². The number of thiophene rings is 1. The van der Waals surface area contributed by atoms with Crippen LogP contribution in [0.25, 0.3) is 10.8 Å². The van der Waals surface area contributed by atoms with Crippen LogP contribution in [0.2, 0.25) is 0 Å². The Kier molecular flexibility index (Phi) is 4.62. The first kappa shape index (κ1) is 15.8. The molecule has 1 heterocycles.